The first-order valence-electron chi connectivity index (χ1n) is 5.00. The van der Waals surface area contributed by atoms with Gasteiger partial charge in [0.1, 0.15) is 5.82 Å². The van der Waals surface area contributed by atoms with Crippen LogP contribution in [0, 0.1) is 6.92 Å². The van der Waals surface area contributed by atoms with Gasteiger partial charge in [0.05, 0.1) is 17.4 Å². The Hall–Kier alpha value is -0.870. The molecule has 2 heterocycles. The Bertz CT molecular complexity index is 340. The average molecular weight is 194 g/mol. The van der Waals surface area contributed by atoms with Crippen LogP contribution in [-0.4, -0.2) is 35.1 Å². The molecule has 1 unspecified atom stereocenters. The van der Waals surface area contributed by atoms with Gasteiger partial charge in [0.25, 0.3) is 0 Å². The standard InChI is InChI=1S/C10H18N4/c1-7-12-10-8(13(2)3)5-11-6-9(10)14(7)4/h8,11H,5-6H2,1-4H3. The van der Waals surface area contributed by atoms with Gasteiger partial charge >= 0.3 is 0 Å². The minimum atomic E-state index is 0.415. The molecule has 0 radical (unpaired) electrons. The Morgan fingerprint density at radius 3 is 2.86 bits per heavy atom. The van der Waals surface area contributed by atoms with E-state index < -0.39 is 0 Å². The first-order valence-corrected chi connectivity index (χ1v) is 5.00. The normalized spacial score (nSPS) is 21.4. The van der Waals surface area contributed by atoms with Gasteiger partial charge in [0, 0.05) is 20.1 Å². The molecule has 0 aromatic carbocycles. The number of rotatable bonds is 1. The highest BCUT2D eigenvalue weighted by Crippen LogP contribution is 2.24. The molecule has 0 bridgehead atoms. The first kappa shape index (κ1) is 9.68. The van der Waals surface area contributed by atoms with Crippen LogP contribution in [-0.2, 0) is 13.6 Å². The zero-order chi connectivity index (χ0) is 10.3. The molecule has 0 aliphatic carbocycles. The van der Waals surface area contributed by atoms with Crippen LogP contribution in [0.4, 0.5) is 0 Å². The van der Waals surface area contributed by atoms with Crippen molar-refractivity contribution >= 4 is 0 Å². The molecule has 1 aromatic heterocycles. The van der Waals surface area contributed by atoms with Gasteiger partial charge in [-0.25, -0.2) is 4.98 Å². The Morgan fingerprint density at radius 2 is 2.21 bits per heavy atom. The monoisotopic (exact) mass is 194 g/mol. The number of hydrogen-bond acceptors (Lipinski definition) is 3. The van der Waals surface area contributed by atoms with E-state index in [1.165, 1.54) is 11.4 Å². The van der Waals surface area contributed by atoms with Gasteiger partial charge < -0.3 is 9.88 Å². The zero-order valence-electron chi connectivity index (χ0n) is 9.33. The second-order valence-electron chi connectivity index (χ2n) is 4.16. The van der Waals surface area contributed by atoms with Gasteiger partial charge in [-0.2, -0.15) is 0 Å². The van der Waals surface area contributed by atoms with Crippen LogP contribution >= 0.6 is 0 Å². The summed E-state index contributed by atoms with van der Waals surface area (Å²) < 4.78 is 2.18. The van der Waals surface area contributed by atoms with E-state index in [1.807, 2.05) is 0 Å². The quantitative estimate of drug-likeness (QED) is 0.704. The molecule has 1 aliphatic heterocycles. The molecular weight excluding hydrogens is 176 g/mol. The van der Waals surface area contributed by atoms with Gasteiger partial charge in [0.2, 0.25) is 0 Å². The van der Waals surface area contributed by atoms with Crippen molar-refractivity contribution in [1.29, 1.82) is 0 Å². The number of likely N-dealkylation sites (N-methyl/N-ethyl adjacent to an activating group) is 1. The van der Waals surface area contributed by atoms with E-state index >= 15 is 0 Å². The van der Waals surface area contributed by atoms with Crippen LogP contribution < -0.4 is 5.32 Å². The second-order valence-corrected chi connectivity index (χ2v) is 4.16. The molecule has 0 fully saturated rings. The van der Waals surface area contributed by atoms with Crippen molar-refractivity contribution in [2.24, 2.45) is 7.05 Å². The molecule has 0 saturated heterocycles. The highest BCUT2D eigenvalue weighted by molar-refractivity contribution is 5.23. The summed E-state index contributed by atoms with van der Waals surface area (Å²) in [5.41, 5.74) is 2.57. The van der Waals surface area contributed by atoms with Gasteiger partial charge in [0.15, 0.2) is 0 Å². The minimum absolute atomic E-state index is 0.415. The van der Waals surface area contributed by atoms with E-state index in [2.05, 4.69) is 47.8 Å². The second kappa shape index (κ2) is 3.37. The number of nitrogens with zero attached hydrogens (tertiary/aromatic N) is 3. The average Bonchev–Trinajstić information content (AvgIpc) is 2.43. The largest absolute Gasteiger partial charge is 0.334 e. The maximum absolute atomic E-state index is 4.63. The van der Waals surface area contributed by atoms with Gasteiger partial charge in [-0.15, -0.1) is 0 Å². The summed E-state index contributed by atoms with van der Waals surface area (Å²) >= 11 is 0. The lowest BCUT2D eigenvalue weighted by Crippen LogP contribution is -2.36. The summed E-state index contributed by atoms with van der Waals surface area (Å²) in [5.74, 6) is 1.10. The molecule has 14 heavy (non-hydrogen) atoms. The van der Waals surface area contributed by atoms with Gasteiger partial charge in [-0.3, -0.25) is 4.90 Å². The summed E-state index contributed by atoms with van der Waals surface area (Å²) in [6, 6.07) is 0.415. The number of hydrogen-bond donors (Lipinski definition) is 1. The third-order valence-corrected chi connectivity index (χ3v) is 3.04. The van der Waals surface area contributed by atoms with Gasteiger partial charge in [-0.1, -0.05) is 0 Å². The predicted octanol–water partition coefficient (Wildman–Crippen LogP) is 0.434. The van der Waals surface area contributed by atoms with Crippen LogP contribution in [0.15, 0.2) is 0 Å². The van der Waals surface area contributed by atoms with E-state index in [4.69, 9.17) is 0 Å². The number of imidazole rings is 1. The van der Waals surface area contributed by atoms with Crippen LogP contribution in [0.5, 0.6) is 0 Å². The SMILES string of the molecule is Cc1nc2c(n1C)CNCC2N(C)C. The van der Waals surface area contributed by atoms with E-state index in [-0.39, 0.29) is 0 Å². The molecule has 1 aromatic rings. The van der Waals surface area contributed by atoms with E-state index in [9.17, 15) is 0 Å². The van der Waals surface area contributed by atoms with Crippen LogP contribution in [0.25, 0.3) is 0 Å². The van der Waals surface area contributed by atoms with Crippen molar-refractivity contribution in [2.45, 2.75) is 19.5 Å². The number of aryl methyl sites for hydroxylation is 1. The Balaban J connectivity index is 2.45. The van der Waals surface area contributed by atoms with Crippen molar-refractivity contribution in [3.05, 3.63) is 17.2 Å². The maximum atomic E-state index is 4.63. The highest BCUT2D eigenvalue weighted by Gasteiger charge is 2.26. The third-order valence-electron chi connectivity index (χ3n) is 3.04. The van der Waals surface area contributed by atoms with E-state index in [0.717, 1.165) is 18.9 Å². The molecule has 2 rings (SSSR count). The molecule has 4 nitrogen and oxygen atoms in total. The minimum Gasteiger partial charge on any atom is -0.334 e. The first-order chi connectivity index (χ1) is 6.61. The summed E-state index contributed by atoms with van der Waals surface area (Å²) in [6.45, 7) is 4.00. The van der Waals surface area contributed by atoms with E-state index in [0.29, 0.717) is 6.04 Å². The molecule has 1 aliphatic rings. The number of aromatic nitrogens is 2. The Labute approximate surface area is 84.9 Å². The topological polar surface area (TPSA) is 33.1 Å². The molecule has 0 spiro atoms. The van der Waals surface area contributed by atoms with Crippen molar-refractivity contribution in [3.8, 4) is 0 Å². The highest BCUT2D eigenvalue weighted by atomic mass is 15.2. The van der Waals surface area contributed by atoms with Crippen LogP contribution in [0.1, 0.15) is 23.3 Å². The molecular formula is C10H18N4. The lowest BCUT2D eigenvalue weighted by Gasteiger charge is -2.28. The van der Waals surface area contributed by atoms with Crippen LogP contribution in [0.2, 0.25) is 0 Å². The zero-order valence-corrected chi connectivity index (χ0v) is 9.33. The van der Waals surface area contributed by atoms with Crippen molar-refractivity contribution in [1.82, 2.24) is 19.8 Å². The lowest BCUT2D eigenvalue weighted by atomic mass is 10.1. The van der Waals surface area contributed by atoms with Gasteiger partial charge in [-0.05, 0) is 21.0 Å². The summed E-state index contributed by atoms with van der Waals surface area (Å²) in [5, 5.41) is 3.42. The van der Waals surface area contributed by atoms with Crippen molar-refractivity contribution < 1.29 is 0 Å². The summed E-state index contributed by atoms with van der Waals surface area (Å²) in [4.78, 5) is 6.85. The molecule has 1 N–H and O–H groups in total. The summed E-state index contributed by atoms with van der Waals surface area (Å²) in [7, 11) is 6.29. The molecule has 1 atom stereocenters. The smallest absolute Gasteiger partial charge is 0.105 e. The molecule has 0 amide bonds. The fourth-order valence-corrected chi connectivity index (χ4v) is 2.01. The molecule has 4 heteroatoms. The van der Waals surface area contributed by atoms with Crippen LogP contribution in [0.3, 0.4) is 0 Å². The Morgan fingerprint density at radius 1 is 1.50 bits per heavy atom. The fraction of sp³-hybridized carbons (Fsp3) is 0.700. The summed E-state index contributed by atoms with van der Waals surface area (Å²) in [6.07, 6.45) is 0. The van der Waals surface area contributed by atoms with E-state index in [1.54, 1.807) is 0 Å². The number of fused-ring (bicyclic) bond motifs is 1. The van der Waals surface area contributed by atoms with Crippen molar-refractivity contribution in [3.63, 3.8) is 0 Å². The van der Waals surface area contributed by atoms with Crippen molar-refractivity contribution in [2.75, 3.05) is 20.6 Å². The predicted molar refractivity (Wildman–Crippen MR) is 56.1 cm³/mol. The number of nitrogens with one attached hydrogen (secondary N) is 1. The Kier molecular flexibility index (Phi) is 2.33. The molecule has 78 valence electrons. The maximum Gasteiger partial charge on any atom is 0.105 e. The molecule has 0 saturated carbocycles. The fourth-order valence-electron chi connectivity index (χ4n) is 2.01. The lowest BCUT2D eigenvalue weighted by molar-refractivity contribution is 0.269. The third kappa shape index (κ3) is 1.35.